The number of likely N-dealkylation sites (tertiary alicyclic amines) is 1. The van der Waals surface area contributed by atoms with Crippen molar-refractivity contribution in [3.8, 4) is 0 Å². The van der Waals surface area contributed by atoms with Crippen LogP contribution in [0.15, 0.2) is 18.2 Å². The van der Waals surface area contributed by atoms with Gasteiger partial charge in [-0.15, -0.1) is 0 Å². The van der Waals surface area contributed by atoms with Gasteiger partial charge in [-0.05, 0) is 37.4 Å². The molecular weight excluding hydrogens is 337 g/mol. The van der Waals surface area contributed by atoms with E-state index in [1.165, 1.54) is 0 Å². The van der Waals surface area contributed by atoms with E-state index in [-0.39, 0.29) is 24.4 Å². The summed E-state index contributed by atoms with van der Waals surface area (Å²) in [5.74, 6) is -0.473. The molecular formula is C16H21Cl2N3O2. The van der Waals surface area contributed by atoms with E-state index < -0.39 is 0 Å². The molecule has 5 nitrogen and oxygen atoms in total. The molecule has 0 aliphatic carbocycles. The van der Waals surface area contributed by atoms with Crippen molar-refractivity contribution in [2.24, 2.45) is 5.73 Å². The van der Waals surface area contributed by atoms with Crippen molar-refractivity contribution in [2.45, 2.75) is 31.7 Å². The summed E-state index contributed by atoms with van der Waals surface area (Å²) in [5, 5.41) is 3.88. The van der Waals surface area contributed by atoms with Gasteiger partial charge in [0.15, 0.2) is 0 Å². The van der Waals surface area contributed by atoms with Crippen LogP contribution >= 0.6 is 23.2 Å². The number of halogens is 2. The number of primary amides is 1. The number of amides is 2. The van der Waals surface area contributed by atoms with Crippen LogP contribution in [-0.4, -0.2) is 42.4 Å². The summed E-state index contributed by atoms with van der Waals surface area (Å²) >= 11 is 12.1. The molecule has 1 atom stereocenters. The van der Waals surface area contributed by atoms with Gasteiger partial charge in [-0.1, -0.05) is 41.8 Å². The van der Waals surface area contributed by atoms with Crippen LogP contribution in [0, 0.1) is 0 Å². The summed E-state index contributed by atoms with van der Waals surface area (Å²) < 4.78 is 0. The smallest absolute Gasteiger partial charge is 0.234 e. The van der Waals surface area contributed by atoms with Gasteiger partial charge in [0.05, 0.1) is 22.6 Å². The van der Waals surface area contributed by atoms with E-state index in [1.54, 1.807) is 6.07 Å². The van der Waals surface area contributed by atoms with Gasteiger partial charge in [-0.3, -0.25) is 14.5 Å². The van der Waals surface area contributed by atoms with Crippen LogP contribution in [0.25, 0.3) is 0 Å². The normalized spacial score (nSPS) is 18.6. The first-order valence-corrected chi connectivity index (χ1v) is 8.47. The van der Waals surface area contributed by atoms with Crippen LogP contribution in [0.5, 0.6) is 0 Å². The minimum absolute atomic E-state index is 0.115. The lowest BCUT2D eigenvalue weighted by molar-refractivity contribution is -0.128. The van der Waals surface area contributed by atoms with Crippen LogP contribution in [0.4, 0.5) is 0 Å². The second kappa shape index (κ2) is 8.52. The highest BCUT2D eigenvalue weighted by atomic mass is 35.5. The van der Waals surface area contributed by atoms with Crippen LogP contribution in [0.2, 0.25) is 10.0 Å². The average molecular weight is 358 g/mol. The highest BCUT2D eigenvalue weighted by Gasteiger charge is 2.28. The number of nitrogens with two attached hydrogens (primary N) is 1. The molecule has 3 N–H and O–H groups in total. The van der Waals surface area contributed by atoms with Crippen molar-refractivity contribution in [3.05, 3.63) is 33.8 Å². The van der Waals surface area contributed by atoms with Gasteiger partial charge in [-0.2, -0.15) is 0 Å². The van der Waals surface area contributed by atoms with E-state index in [2.05, 4.69) is 5.32 Å². The molecule has 1 fully saturated rings. The van der Waals surface area contributed by atoms with Crippen molar-refractivity contribution in [3.63, 3.8) is 0 Å². The van der Waals surface area contributed by atoms with Crippen LogP contribution < -0.4 is 11.1 Å². The number of carbonyl (C=O) groups is 2. The van der Waals surface area contributed by atoms with E-state index in [0.29, 0.717) is 23.0 Å². The molecule has 1 aliphatic heterocycles. The molecule has 2 amide bonds. The third-order valence-corrected chi connectivity index (χ3v) is 4.89. The predicted molar refractivity (Wildman–Crippen MR) is 91.6 cm³/mol. The SMILES string of the molecule is NC(=O)C1CCCCN1CC(=O)NCCc1cccc(Cl)c1Cl. The molecule has 23 heavy (non-hydrogen) atoms. The lowest BCUT2D eigenvalue weighted by Gasteiger charge is -2.32. The van der Waals surface area contributed by atoms with Crippen molar-refractivity contribution in [1.29, 1.82) is 0 Å². The van der Waals surface area contributed by atoms with E-state index >= 15 is 0 Å². The molecule has 0 aromatic heterocycles. The standard InChI is InChI=1S/C16H21Cl2N3O2/c17-12-5-3-4-11(15(12)18)7-8-20-14(22)10-21-9-2-1-6-13(21)16(19)23/h3-5,13H,1-2,6-10H2,(H2,19,23)(H,20,22). The molecule has 1 aromatic carbocycles. The number of nitrogens with zero attached hydrogens (tertiary/aromatic N) is 1. The van der Waals surface area contributed by atoms with Gasteiger partial charge >= 0.3 is 0 Å². The van der Waals surface area contributed by atoms with Gasteiger partial charge < -0.3 is 11.1 Å². The highest BCUT2D eigenvalue weighted by molar-refractivity contribution is 6.42. The van der Waals surface area contributed by atoms with Gasteiger partial charge in [0, 0.05) is 6.54 Å². The van der Waals surface area contributed by atoms with E-state index in [9.17, 15) is 9.59 Å². The van der Waals surface area contributed by atoms with Gasteiger partial charge in [0.1, 0.15) is 0 Å². The number of hydrogen-bond acceptors (Lipinski definition) is 3. The predicted octanol–water partition coefficient (Wildman–Crippen LogP) is 1.99. The summed E-state index contributed by atoms with van der Waals surface area (Å²) in [6, 6.07) is 5.11. The zero-order chi connectivity index (χ0) is 16.8. The third kappa shape index (κ3) is 5.09. The molecule has 0 radical (unpaired) electrons. The Balaban J connectivity index is 1.80. The molecule has 1 aromatic rings. The zero-order valence-corrected chi connectivity index (χ0v) is 14.4. The molecule has 0 bridgehead atoms. The molecule has 1 aliphatic rings. The van der Waals surface area contributed by atoms with Gasteiger partial charge in [-0.25, -0.2) is 0 Å². The van der Waals surface area contributed by atoms with Crippen molar-refractivity contribution in [2.75, 3.05) is 19.6 Å². The molecule has 7 heteroatoms. The minimum atomic E-state index is -0.358. The Hall–Kier alpha value is -1.30. The summed E-state index contributed by atoms with van der Waals surface area (Å²) in [7, 11) is 0. The topological polar surface area (TPSA) is 75.4 Å². The number of benzene rings is 1. The lowest BCUT2D eigenvalue weighted by Crippen LogP contribution is -2.51. The Morgan fingerprint density at radius 3 is 2.83 bits per heavy atom. The van der Waals surface area contributed by atoms with Crippen LogP contribution in [0.1, 0.15) is 24.8 Å². The molecule has 126 valence electrons. The maximum atomic E-state index is 12.1. The van der Waals surface area contributed by atoms with Crippen molar-refractivity contribution >= 4 is 35.0 Å². The fourth-order valence-electron chi connectivity index (χ4n) is 2.82. The molecule has 1 heterocycles. The third-order valence-electron chi connectivity index (χ3n) is 4.04. The first-order chi connectivity index (χ1) is 11.0. The Labute approximate surface area is 146 Å². The molecule has 2 rings (SSSR count). The second-order valence-electron chi connectivity index (χ2n) is 5.70. The van der Waals surface area contributed by atoms with Crippen molar-refractivity contribution < 1.29 is 9.59 Å². The fourth-order valence-corrected chi connectivity index (χ4v) is 3.24. The van der Waals surface area contributed by atoms with Crippen molar-refractivity contribution in [1.82, 2.24) is 10.2 Å². The number of carbonyl (C=O) groups excluding carboxylic acids is 2. The summed E-state index contributed by atoms with van der Waals surface area (Å²) in [4.78, 5) is 25.3. The monoisotopic (exact) mass is 357 g/mol. The molecule has 1 unspecified atom stereocenters. The zero-order valence-electron chi connectivity index (χ0n) is 12.9. The van der Waals surface area contributed by atoms with E-state index in [0.717, 1.165) is 31.4 Å². The Bertz CT molecular complexity index is 580. The Morgan fingerprint density at radius 1 is 1.30 bits per heavy atom. The van der Waals surface area contributed by atoms with Gasteiger partial charge in [0.25, 0.3) is 0 Å². The van der Waals surface area contributed by atoms with E-state index in [4.69, 9.17) is 28.9 Å². The second-order valence-corrected chi connectivity index (χ2v) is 6.48. The summed E-state index contributed by atoms with van der Waals surface area (Å²) in [5.41, 5.74) is 6.30. The molecule has 0 spiro atoms. The maximum absolute atomic E-state index is 12.1. The number of hydrogen-bond donors (Lipinski definition) is 2. The molecule has 1 saturated heterocycles. The van der Waals surface area contributed by atoms with Crippen LogP contribution in [-0.2, 0) is 16.0 Å². The van der Waals surface area contributed by atoms with Gasteiger partial charge in [0.2, 0.25) is 11.8 Å². The largest absolute Gasteiger partial charge is 0.368 e. The lowest BCUT2D eigenvalue weighted by atomic mass is 10.0. The number of piperidine rings is 1. The quantitative estimate of drug-likeness (QED) is 0.817. The highest BCUT2D eigenvalue weighted by Crippen LogP contribution is 2.25. The fraction of sp³-hybridized carbons (Fsp3) is 0.500. The summed E-state index contributed by atoms with van der Waals surface area (Å²) in [6.45, 7) is 1.38. The first-order valence-electron chi connectivity index (χ1n) is 7.72. The average Bonchev–Trinajstić information content (AvgIpc) is 2.52. The first kappa shape index (κ1) is 18.0. The Morgan fingerprint density at radius 2 is 2.09 bits per heavy atom. The minimum Gasteiger partial charge on any atom is -0.368 e. The number of nitrogens with one attached hydrogen (secondary N) is 1. The van der Waals surface area contributed by atoms with E-state index in [1.807, 2.05) is 17.0 Å². The maximum Gasteiger partial charge on any atom is 0.234 e. The van der Waals surface area contributed by atoms with Crippen LogP contribution in [0.3, 0.4) is 0 Å². The summed E-state index contributed by atoms with van der Waals surface area (Å²) in [6.07, 6.45) is 3.28. The Kier molecular flexibility index (Phi) is 6.69. The molecule has 0 saturated carbocycles. The number of rotatable bonds is 6.